The highest BCUT2D eigenvalue weighted by Gasteiger charge is 2.20. The molecule has 0 aliphatic carbocycles. The molecule has 2 rings (SSSR count). The fraction of sp³-hybridized carbons (Fsp3) is 0.400. The molecular weight excluding hydrogens is 278 g/mol. The van der Waals surface area contributed by atoms with Crippen molar-refractivity contribution in [2.24, 2.45) is 0 Å². The first-order valence-electron chi connectivity index (χ1n) is 6.33. The SMILES string of the molecule is COc1ccc2c(c1)c(CCl)cn2C(=O)OC(C)(C)C. The number of nitrogens with zero attached hydrogens (tertiary/aromatic N) is 1. The van der Waals surface area contributed by atoms with Crippen LogP contribution in [0.2, 0.25) is 0 Å². The lowest BCUT2D eigenvalue weighted by Crippen LogP contribution is -2.26. The predicted molar refractivity (Wildman–Crippen MR) is 79.7 cm³/mol. The molecule has 4 nitrogen and oxygen atoms in total. The molecule has 5 heteroatoms. The zero-order chi connectivity index (χ0) is 14.9. The third-order valence-corrected chi connectivity index (χ3v) is 3.12. The quantitative estimate of drug-likeness (QED) is 0.781. The smallest absolute Gasteiger partial charge is 0.419 e. The van der Waals surface area contributed by atoms with Gasteiger partial charge in [-0.3, -0.25) is 4.57 Å². The van der Waals surface area contributed by atoms with Crippen LogP contribution in [0, 0.1) is 0 Å². The van der Waals surface area contributed by atoms with Crippen LogP contribution >= 0.6 is 11.6 Å². The highest BCUT2D eigenvalue weighted by Crippen LogP contribution is 2.27. The Morgan fingerprint density at radius 3 is 2.60 bits per heavy atom. The van der Waals surface area contributed by atoms with Crippen molar-refractivity contribution in [1.82, 2.24) is 4.57 Å². The van der Waals surface area contributed by atoms with E-state index in [1.807, 2.05) is 32.9 Å². The minimum Gasteiger partial charge on any atom is -0.497 e. The summed E-state index contributed by atoms with van der Waals surface area (Å²) in [5.74, 6) is 1.05. The van der Waals surface area contributed by atoms with Crippen molar-refractivity contribution in [2.75, 3.05) is 7.11 Å². The molecule has 108 valence electrons. The van der Waals surface area contributed by atoms with Crippen LogP contribution in [0.5, 0.6) is 5.75 Å². The van der Waals surface area contributed by atoms with Crippen molar-refractivity contribution in [3.05, 3.63) is 30.0 Å². The van der Waals surface area contributed by atoms with Crippen LogP contribution in [0.1, 0.15) is 26.3 Å². The number of carbonyl (C=O) groups excluding carboxylic acids is 1. The second-order valence-corrected chi connectivity index (χ2v) is 5.79. The Bertz CT molecular complexity index is 640. The molecule has 0 aliphatic heterocycles. The Hall–Kier alpha value is -1.68. The highest BCUT2D eigenvalue weighted by molar-refractivity contribution is 6.18. The van der Waals surface area contributed by atoms with E-state index in [9.17, 15) is 4.79 Å². The third kappa shape index (κ3) is 2.90. The first kappa shape index (κ1) is 14.7. The number of hydrogen-bond donors (Lipinski definition) is 0. The number of fused-ring (bicyclic) bond motifs is 1. The number of aromatic nitrogens is 1. The fourth-order valence-electron chi connectivity index (χ4n) is 1.97. The molecule has 0 N–H and O–H groups in total. The van der Waals surface area contributed by atoms with Crippen LogP contribution < -0.4 is 4.74 Å². The van der Waals surface area contributed by atoms with E-state index in [0.717, 1.165) is 22.2 Å². The van der Waals surface area contributed by atoms with E-state index < -0.39 is 11.7 Å². The zero-order valence-electron chi connectivity index (χ0n) is 12.1. The van der Waals surface area contributed by atoms with E-state index in [1.165, 1.54) is 4.57 Å². The lowest BCUT2D eigenvalue weighted by atomic mass is 10.2. The van der Waals surface area contributed by atoms with E-state index in [4.69, 9.17) is 21.1 Å². The first-order valence-corrected chi connectivity index (χ1v) is 6.86. The number of benzene rings is 1. The molecule has 0 radical (unpaired) electrons. The van der Waals surface area contributed by atoms with E-state index in [2.05, 4.69) is 0 Å². The van der Waals surface area contributed by atoms with E-state index in [1.54, 1.807) is 19.4 Å². The van der Waals surface area contributed by atoms with E-state index >= 15 is 0 Å². The Morgan fingerprint density at radius 1 is 1.35 bits per heavy atom. The molecule has 2 aromatic rings. The van der Waals surface area contributed by atoms with Crippen molar-refractivity contribution < 1.29 is 14.3 Å². The molecule has 1 aromatic carbocycles. The van der Waals surface area contributed by atoms with Crippen molar-refractivity contribution in [3.63, 3.8) is 0 Å². The summed E-state index contributed by atoms with van der Waals surface area (Å²) in [6, 6.07) is 5.50. The number of halogens is 1. The van der Waals surface area contributed by atoms with Crippen molar-refractivity contribution in [3.8, 4) is 5.75 Å². The van der Waals surface area contributed by atoms with Gasteiger partial charge in [0.05, 0.1) is 12.6 Å². The molecule has 0 amide bonds. The molecule has 0 bridgehead atoms. The fourth-order valence-corrected chi connectivity index (χ4v) is 2.19. The summed E-state index contributed by atoms with van der Waals surface area (Å²) in [6.45, 7) is 5.51. The molecule has 0 atom stereocenters. The summed E-state index contributed by atoms with van der Waals surface area (Å²) in [5.41, 5.74) is 1.09. The second-order valence-electron chi connectivity index (χ2n) is 5.52. The van der Waals surface area contributed by atoms with Crippen LogP contribution in [-0.4, -0.2) is 23.4 Å². The van der Waals surface area contributed by atoms with Crippen LogP contribution in [0.4, 0.5) is 4.79 Å². The van der Waals surface area contributed by atoms with Crippen LogP contribution in [-0.2, 0) is 10.6 Å². The maximum absolute atomic E-state index is 12.2. The van der Waals surface area contributed by atoms with Gasteiger partial charge in [-0.05, 0) is 44.5 Å². The monoisotopic (exact) mass is 295 g/mol. The topological polar surface area (TPSA) is 40.5 Å². The van der Waals surface area contributed by atoms with Crippen LogP contribution in [0.25, 0.3) is 10.9 Å². The number of hydrogen-bond acceptors (Lipinski definition) is 3. The molecule has 1 heterocycles. The Morgan fingerprint density at radius 2 is 2.05 bits per heavy atom. The molecule has 0 saturated carbocycles. The van der Waals surface area contributed by atoms with E-state index in [0.29, 0.717) is 5.88 Å². The van der Waals surface area contributed by atoms with Crippen LogP contribution in [0.15, 0.2) is 24.4 Å². The van der Waals surface area contributed by atoms with Crippen molar-refractivity contribution in [2.45, 2.75) is 32.3 Å². The van der Waals surface area contributed by atoms with Crippen molar-refractivity contribution in [1.29, 1.82) is 0 Å². The molecule has 0 unspecified atom stereocenters. The number of carbonyl (C=O) groups is 1. The lowest BCUT2D eigenvalue weighted by Gasteiger charge is -2.19. The van der Waals surface area contributed by atoms with Gasteiger partial charge in [-0.15, -0.1) is 11.6 Å². The summed E-state index contributed by atoms with van der Waals surface area (Å²) >= 11 is 5.95. The lowest BCUT2D eigenvalue weighted by molar-refractivity contribution is 0.0544. The van der Waals surface area contributed by atoms with E-state index in [-0.39, 0.29) is 0 Å². The normalized spacial score (nSPS) is 11.7. The molecule has 0 aliphatic rings. The van der Waals surface area contributed by atoms with Gasteiger partial charge in [0.25, 0.3) is 0 Å². The molecule has 20 heavy (non-hydrogen) atoms. The van der Waals surface area contributed by atoms with Gasteiger partial charge >= 0.3 is 6.09 Å². The van der Waals surface area contributed by atoms with Crippen molar-refractivity contribution >= 4 is 28.6 Å². The Kier molecular flexibility index (Phi) is 3.95. The third-order valence-electron chi connectivity index (χ3n) is 2.83. The summed E-state index contributed by atoms with van der Waals surface area (Å²) in [5, 5.41) is 0.894. The minimum absolute atomic E-state index is 0.319. The van der Waals surface area contributed by atoms with Gasteiger partial charge in [-0.25, -0.2) is 4.79 Å². The maximum atomic E-state index is 12.2. The minimum atomic E-state index is -0.540. The van der Waals surface area contributed by atoms with Gasteiger partial charge in [-0.2, -0.15) is 0 Å². The number of rotatable bonds is 2. The average Bonchev–Trinajstić information content (AvgIpc) is 2.74. The molecule has 1 aromatic heterocycles. The zero-order valence-corrected chi connectivity index (χ0v) is 12.8. The molecule has 0 saturated heterocycles. The molecule has 0 fully saturated rings. The van der Waals surface area contributed by atoms with Gasteiger partial charge < -0.3 is 9.47 Å². The summed E-state index contributed by atoms with van der Waals surface area (Å²) in [7, 11) is 1.60. The first-order chi connectivity index (χ1) is 9.35. The number of ether oxygens (including phenoxy) is 2. The van der Waals surface area contributed by atoms with Gasteiger partial charge in [0, 0.05) is 17.5 Å². The maximum Gasteiger partial charge on any atom is 0.419 e. The second kappa shape index (κ2) is 5.37. The number of methoxy groups -OCH3 is 1. The predicted octanol–water partition coefficient (Wildman–Crippen LogP) is 4.17. The average molecular weight is 296 g/mol. The van der Waals surface area contributed by atoms with Gasteiger partial charge in [-0.1, -0.05) is 0 Å². The Labute approximate surface area is 123 Å². The highest BCUT2D eigenvalue weighted by atomic mass is 35.5. The van der Waals surface area contributed by atoms with Gasteiger partial charge in [0.1, 0.15) is 11.4 Å². The largest absolute Gasteiger partial charge is 0.497 e. The number of alkyl halides is 1. The summed E-state index contributed by atoms with van der Waals surface area (Å²) in [6.07, 6.45) is 1.30. The Balaban J connectivity index is 2.52. The molecular formula is C15H18ClNO3. The summed E-state index contributed by atoms with van der Waals surface area (Å²) < 4.78 is 12.1. The molecule has 0 spiro atoms. The standard InChI is InChI=1S/C15H18ClNO3/c1-15(2,3)20-14(18)17-9-10(8-16)12-7-11(19-4)5-6-13(12)17/h5-7,9H,8H2,1-4H3. The van der Waals surface area contributed by atoms with Crippen LogP contribution in [0.3, 0.4) is 0 Å². The van der Waals surface area contributed by atoms with Gasteiger partial charge in [0.15, 0.2) is 0 Å². The van der Waals surface area contributed by atoms with Gasteiger partial charge in [0.2, 0.25) is 0 Å². The summed E-state index contributed by atoms with van der Waals surface area (Å²) in [4.78, 5) is 12.2.